The van der Waals surface area contributed by atoms with Crippen molar-refractivity contribution in [3.05, 3.63) is 133 Å². The maximum absolute atomic E-state index is 2.42. The molecule has 0 spiro atoms. The lowest BCUT2D eigenvalue weighted by molar-refractivity contribution is 0.598. The monoisotopic (exact) mass is 486 g/mol. The molecule has 0 fully saturated rings. The van der Waals surface area contributed by atoms with Gasteiger partial charge in [0, 0.05) is 0 Å². The van der Waals surface area contributed by atoms with Gasteiger partial charge in [0.05, 0.1) is 0 Å². The van der Waals surface area contributed by atoms with Crippen LogP contribution in [0.4, 0.5) is 0 Å². The van der Waals surface area contributed by atoms with Gasteiger partial charge in [0.15, 0.2) is 0 Å². The van der Waals surface area contributed by atoms with Gasteiger partial charge < -0.3 is 0 Å². The number of benzene rings is 7. The van der Waals surface area contributed by atoms with Crippen molar-refractivity contribution < 1.29 is 0 Å². The van der Waals surface area contributed by atoms with E-state index in [4.69, 9.17) is 0 Å². The zero-order valence-electron chi connectivity index (χ0n) is 22.1. The molecule has 7 aromatic rings. The Hall–Kier alpha value is -4.42. The van der Waals surface area contributed by atoms with Gasteiger partial charge in [-0.3, -0.25) is 0 Å². The highest BCUT2D eigenvalue weighted by Crippen LogP contribution is 2.46. The summed E-state index contributed by atoms with van der Waals surface area (Å²) >= 11 is 0. The molecule has 0 aliphatic rings. The molecule has 0 bridgehead atoms. The summed E-state index contributed by atoms with van der Waals surface area (Å²) < 4.78 is 0. The highest BCUT2D eigenvalue weighted by molar-refractivity contribution is 6.07. The van der Waals surface area contributed by atoms with Crippen LogP contribution >= 0.6 is 0 Å². The van der Waals surface area contributed by atoms with Gasteiger partial charge in [-0.05, 0) is 107 Å². The molecule has 0 aliphatic carbocycles. The Morgan fingerprint density at radius 3 is 1.45 bits per heavy atom. The minimum atomic E-state index is -0.0610. The van der Waals surface area contributed by atoms with Crippen molar-refractivity contribution in [2.75, 3.05) is 0 Å². The molecule has 0 saturated heterocycles. The van der Waals surface area contributed by atoms with Crippen molar-refractivity contribution >= 4 is 43.1 Å². The van der Waals surface area contributed by atoms with E-state index in [1.165, 1.54) is 70.9 Å². The Labute approximate surface area is 224 Å². The highest BCUT2D eigenvalue weighted by atomic mass is 14.3. The van der Waals surface area contributed by atoms with Crippen LogP contribution in [0.3, 0.4) is 0 Å². The molecule has 182 valence electrons. The zero-order valence-corrected chi connectivity index (χ0v) is 22.1. The van der Waals surface area contributed by atoms with Crippen LogP contribution in [0.2, 0.25) is 0 Å². The molecule has 0 aliphatic heterocycles. The van der Waals surface area contributed by atoms with Crippen LogP contribution < -0.4 is 0 Å². The van der Waals surface area contributed by atoms with E-state index in [-0.39, 0.29) is 5.41 Å². The molecule has 7 rings (SSSR count). The first-order chi connectivity index (χ1) is 18.5. The minimum absolute atomic E-state index is 0.0610. The van der Waals surface area contributed by atoms with E-state index in [9.17, 15) is 0 Å². The summed E-state index contributed by atoms with van der Waals surface area (Å²) in [5.74, 6) is 0. The van der Waals surface area contributed by atoms with Crippen molar-refractivity contribution in [2.45, 2.75) is 26.2 Å². The average Bonchev–Trinajstić information content (AvgIpc) is 2.94. The zero-order chi connectivity index (χ0) is 25.9. The lowest BCUT2D eigenvalue weighted by atomic mass is 9.75. The number of rotatable bonds is 2. The van der Waals surface area contributed by atoms with Crippen LogP contribution in [0.1, 0.15) is 26.3 Å². The quantitative estimate of drug-likeness (QED) is 0.213. The molecule has 7 aromatic carbocycles. The molecule has 0 amide bonds. The molecule has 0 heteroatoms. The molecular formula is C38H30. The Kier molecular flexibility index (Phi) is 5.13. The van der Waals surface area contributed by atoms with Gasteiger partial charge in [0.2, 0.25) is 0 Å². The molecule has 0 aromatic heterocycles. The third-order valence-electron chi connectivity index (χ3n) is 7.85. The molecule has 38 heavy (non-hydrogen) atoms. The SMILES string of the molecule is CC(C)(C)c1c(-c2ccc3ccccc3c2)c(-c2ccc3ccccc3c2)cc2cc3ccccc3cc12. The molecule has 0 nitrogen and oxygen atoms in total. The Balaban J connectivity index is 1.65. The lowest BCUT2D eigenvalue weighted by Gasteiger charge is -2.28. The van der Waals surface area contributed by atoms with Crippen molar-refractivity contribution in [3.63, 3.8) is 0 Å². The topological polar surface area (TPSA) is 0 Å². The first-order valence-corrected chi connectivity index (χ1v) is 13.4. The van der Waals surface area contributed by atoms with Crippen LogP contribution in [-0.2, 0) is 5.41 Å². The fourth-order valence-electron chi connectivity index (χ4n) is 6.10. The summed E-state index contributed by atoms with van der Waals surface area (Å²) in [6, 6.07) is 47.1. The molecule has 0 atom stereocenters. The lowest BCUT2D eigenvalue weighted by Crippen LogP contribution is -2.14. The van der Waals surface area contributed by atoms with E-state index >= 15 is 0 Å². The van der Waals surface area contributed by atoms with Crippen LogP contribution in [-0.4, -0.2) is 0 Å². The Morgan fingerprint density at radius 2 is 0.868 bits per heavy atom. The van der Waals surface area contributed by atoms with Crippen molar-refractivity contribution in [2.24, 2.45) is 0 Å². The van der Waals surface area contributed by atoms with Crippen molar-refractivity contribution in [3.8, 4) is 22.3 Å². The normalized spacial score (nSPS) is 12.1. The molecule has 0 saturated carbocycles. The highest BCUT2D eigenvalue weighted by Gasteiger charge is 2.26. The standard InChI is InChI=1S/C38H30/c1-38(2,3)37-35-23-30-15-9-8-14-29(30)22-33(35)24-34(31-18-16-25-10-4-6-12-27(25)20-31)36(37)32-19-17-26-11-5-7-13-28(26)21-32/h4-24H,1-3H3. The predicted molar refractivity (Wildman–Crippen MR) is 166 cm³/mol. The van der Waals surface area contributed by atoms with E-state index in [2.05, 4.69) is 148 Å². The van der Waals surface area contributed by atoms with Gasteiger partial charge in [-0.15, -0.1) is 0 Å². The van der Waals surface area contributed by atoms with Gasteiger partial charge in [-0.2, -0.15) is 0 Å². The van der Waals surface area contributed by atoms with E-state index in [0.717, 1.165) is 0 Å². The second-order valence-electron chi connectivity index (χ2n) is 11.5. The molecule has 0 radical (unpaired) electrons. The number of hydrogen-bond acceptors (Lipinski definition) is 0. The second-order valence-corrected chi connectivity index (χ2v) is 11.5. The van der Waals surface area contributed by atoms with E-state index < -0.39 is 0 Å². The Bertz CT molecular complexity index is 2000. The van der Waals surface area contributed by atoms with Gasteiger partial charge in [-0.25, -0.2) is 0 Å². The summed E-state index contributed by atoms with van der Waals surface area (Å²) in [5.41, 5.74) is 6.49. The van der Waals surface area contributed by atoms with Gasteiger partial charge >= 0.3 is 0 Å². The second kappa shape index (κ2) is 8.57. The molecular weight excluding hydrogens is 456 g/mol. The maximum atomic E-state index is 2.42. The summed E-state index contributed by atoms with van der Waals surface area (Å²) in [5, 5.41) is 10.3. The van der Waals surface area contributed by atoms with Gasteiger partial charge in [-0.1, -0.05) is 118 Å². The van der Waals surface area contributed by atoms with Crippen LogP contribution in [0.15, 0.2) is 127 Å². The third kappa shape index (κ3) is 3.76. The van der Waals surface area contributed by atoms with Gasteiger partial charge in [0.1, 0.15) is 0 Å². The minimum Gasteiger partial charge on any atom is -0.0616 e. The molecule has 0 heterocycles. The maximum Gasteiger partial charge on any atom is -0.00613 e. The van der Waals surface area contributed by atoms with Crippen molar-refractivity contribution in [1.82, 2.24) is 0 Å². The number of fused-ring (bicyclic) bond motifs is 4. The molecule has 0 N–H and O–H groups in total. The summed E-state index contributed by atoms with van der Waals surface area (Å²) in [7, 11) is 0. The van der Waals surface area contributed by atoms with Crippen LogP contribution in [0, 0.1) is 0 Å². The summed E-state index contributed by atoms with van der Waals surface area (Å²) in [4.78, 5) is 0. The van der Waals surface area contributed by atoms with E-state index in [1.807, 2.05) is 0 Å². The fourth-order valence-corrected chi connectivity index (χ4v) is 6.10. The Morgan fingerprint density at radius 1 is 0.395 bits per heavy atom. The smallest absolute Gasteiger partial charge is 0.00613 e. The third-order valence-corrected chi connectivity index (χ3v) is 7.85. The molecule has 0 unspecified atom stereocenters. The average molecular weight is 487 g/mol. The first kappa shape index (κ1) is 22.8. The van der Waals surface area contributed by atoms with E-state index in [1.54, 1.807) is 0 Å². The first-order valence-electron chi connectivity index (χ1n) is 13.4. The summed E-state index contributed by atoms with van der Waals surface area (Å²) in [6.45, 7) is 7.06. The van der Waals surface area contributed by atoms with Crippen molar-refractivity contribution in [1.29, 1.82) is 0 Å². The summed E-state index contributed by atoms with van der Waals surface area (Å²) in [6.07, 6.45) is 0. The van der Waals surface area contributed by atoms with Gasteiger partial charge in [0.25, 0.3) is 0 Å². The predicted octanol–water partition coefficient (Wildman–Crippen LogP) is 10.9. The number of hydrogen-bond donors (Lipinski definition) is 0. The largest absolute Gasteiger partial charge is 0.0616 e. The van der Waals surface area contributed by atoms with Crippen LogP contribution in [0.25, 0.3) is 65.3 Å². The fraction of sp³-hybridized carbons (Fsp3) is 0.105. The van der Waals surface area contributed by atoms with E-state index in [0.29, 0.717) is 0 Å². The van der Waals surface area contributed by atoms with Crippen LogP contribution in [0.5, 0.6) is 0 Å².